The van der Waals surface area contributed by atoms with E-state index >= 15 is 0 Å². The smallest absolute Gasteiger partial charge is 0.241 e. The Kier molecular flexibility index (Phi) is 5.54. The Bertz CT molecular complexity index is 1190. The van der Waals surface area contributed by atoms with Crippen molar-refractivity contribution in [3.8, 4) is 22.5 Å². The molecule has 0 aliphatic rings. The van der Waals surface area contributed by atoms with Gasteiger partial charge in [0.15, 0.2) is 0 Å². The molecule has 2 aromatic heterocycles. The lowest BCUT2D eigenvalue weighted by atomic mass is 10.0. The van der Waals surface area contributed by atoms with E-state index in [0.29, 0.717) is 17.0 Å². The number of nitrogens with zero attached hydrogens (tertiary/aromatic N) is 3. The highest BCUT2D eigenvalue weighted by Gasteiger charge is 2.23. The summed E-state index contributed by atoms with van der Waals surface area (Å²) in [6, 6.07) is 13.7. The van der Waals surface area contributed by atoms with Gasteiger partial charge in [-0.1, -0.05) is 46.6 Å². The zero-order valence-electron chi connectivity index (χ0n) is 15.9. The van der Waals surface area contributed by atoms with E-state index in [-0.39, 0.29) is 22.9 Å². The van der Waals surface area contributed by atoms with Gasteiger partial charge < -0.3 is 4.52 Å². The first kappa shape index (κ1) is 19.7. The van der Waals surface area contributed by atoms with Crippen LogP contribution in [0.5, 0.6) is 0 Å². The summed E-state index contributed by atoms with van der Waals surface area (Å²) in [5, 5.41) is 6.99. The van der Waals surface area contributed by atoms with Gasteiger partial charge in [0, 0.05) is 22.3 Å². The molecule has 0 unspecified atom stereocenters. The van der Waals surface area contributed by atoms with E-state index in [2.05, 4.69) is 20.4 Å². The fraction of sp³-hybridized carbons (Fsp3) is 0.0909. The van der Waals surface area contributed by atoms with Gasteiger partial charge in [-0.05, 0) is 31.2 Å². The second-order valence-electron chi connectivity index (χ2n) is 6.62. The quantitative estimate of drug-likeness (QED) is 0.485. The summed E-state index contributed by atoms with van der Waals surface area (Å²) in [5.74, 6) is -0.932. The Labute approximate surface area is 176 Å². The molecule has 0 aliphatic carbocycles. The average molecular weight is 423 g/mol. The molecule has 1 amide bonds. The number of rotatable bonds is 5. The molecule has 4 rings (SSSR count). The molecule has 150 valence electrons. The van der Waals surface area contributed by atoms with Crippen LogP contribution in [0.2, 0.25) is 5.02 Å². The van der Waals surface area contributed by atoms with Crippen molar-refractivity contribution in [3.63, 3.8) is 0 Å². The van der Waals surface area contributed by atoms with Crippen LogP contribution in [-0.4, -0.2) is 21.0 Å². The number of carbonyl (C=O) groups excluding carboxylic acids is 1. The molecule has 4 aromatic rings. The van der Waals surface area contributed by atoms with Gasteiger partial charge in [-0.15, -0.1) is 0 Å². The largest absolute Gasteiger partial charge is 0.337 e. The van der Waals surface area contributed by atoms with Crippen molar-refractivity contribution in [1.29, 1.82) is 0 Å². The standard InChI is InChI=1S/C22H16ClFN4O2/c1-13-4-2-5-14(10-13)21-20(18-8-9-25-12-26-18)22(30-28-21)27-19(29)11-15-16(23)6-3-7-17(15)24/h2-10,12H,11H2,1H3,(H,27,29). The molecule has 1 N–H and O–H groups in total. The van der Waals surface area contributed by atoms with Crippen LogP contribution < -0.4 is 5.32 Å². The van der Waals surface area contributed by atoms with Crippen molar-refractivity contribution >= 4 is 23.4 Å². The van der Waals surface area contributed by atoms with Crippen LogP contribution in [-0.2, 0) is 11.2 Å². The van der Waals surface area contributed by atoms with E-state index in [9.17, 15) is 9.18 Å². The molecular formula is C22H16ClFN4O2. The summed E-state index contributed by atoms with van der Waals surface area (Å²) in [4.78, 5) is 20.8. The number of nitrogens with one attached hydrogen (secondary N) is 1. The van der Waals surface area contributed by atoms with E-state index in [4.69, 9.17) is 16.1 Å². The number of amides is 1. The fourth-order valence-electron chi connectivity index (χ4n) is 3.07. The van der Waals surface area contributed by atoms with Crippen molar-refractivity contribution in [2.45, 2.75) is 13.3 Å². The second-order valence-corrected chi connectivity index (χ2v) is 7.03. The molecule has 0 spiro atoms. The Hall–Kier alpha value is -3.58. The lowest BCUT2D eigenvalue weighted by Crippen LogP contribution is -2.15. The first-order valence-electron chi connectivity index (χ1n) is 9.09. The highest BCUT2D eigenvalue weighted by atomic mass is 35.5. The van der Waals surface area contributed by atoms with Gasteiger partial charge in [0.05, 0.1) is 17.7 Å². The summed E-state index contributed by atoms with van der Waals surface area (Å²) in [6.07, 6.45) is 2.72. The molecule has 2 heterocycles. The fourth-order valence-corrected chi connectivity index (χ4v) is 3.30. The van der Waals surface area contributed by atoms with Gasteiger partial charge in [-0.25, -0.2) is 14.4 Å². The van der Waals surface area contributed by atoms with Crippen molar-refractivity contribution in [2.24, 2.45) is 0 Å². The molecule has 30 heavy (non-hydrogen) atoms. The van der Waals surface area contributed by atoms with Gasteiger partial charge in [-0.2, -0.15) is 0 Å². The van der Waals surface area contributed by atoms with Crippen LogP contribution in [0.25, 0.3) is 22.5 Å². The van der Waals surface area contributed by atoms with Gasteiger partial charge in [0.2, 0.25) is 11.8 Å². The van der Waals surface area contributed by atoms with E-state index < -0.39 is 11.7 Å². The number of benzene rings is 2. The third-order valence-electron chi connectivity index (χ3n) is 4.47. The van der Waals surface area contributed by atoms with Crippen molar-refractivity contribution < 1.29 is 13.7 Å². The topological polar surface area (TPSA) is 80.9 Å². The first-order chi connectivity index (χ1) is 14.5. The van der Waals surface area contributed by atoms with Crippen LogP contribution in [0.1, 0.15) is 11.1 Å². The SMILES string of the molecule is Cc1cccc(-c2noc(NC(=O)Cc3c(F)cccc3Cl)c2-c2ccncn2)c1. The number of hydrogen-bond acceptors (Lipinski definition) is 5. The van der Waals surface area contributed by atoms with Crippen LogP contribution in [0.15, 0.2) is 65.6 Å². The Morgan fingerprint density at radius 1 is 1.20 bits per heavy atom. The van der Waals surface area contributed by atoms with E-state index in [1.54, 1.807) is 12.3 Å². The normalized spacial score (nSPS) is 10.8. The minimum absolute atomic E-state index is 0.110. The maximum atomic E-state index is 14.0. The first-order valence-corrected chi connectivity index (χ1v) is 9.46. The van der Waals surface area contributed by atoms with Crippen molar-refractivity contribution in [3.05, 3.63) is 83.0 Å². The zero-order chi connectivity index (χ0) is 21.1. The second kappa shape index (κ2) is 8.42. The van der Waals surface area contributed by atoms with E-state index in [1.807, 2.05) is 31.2 Å². The third kappa shape index (κ3) is 4.06. The molecule has 0 atom stereocenters. The Balaban J connectivity index is 1.71. The monoisotopic (exact) mass is 422 g/mol. The predicted octanol–water partition coefficient (Wildman–Crippen LogP) is 5.08. The van der Waals surface area contributed by atoms with Crippen LogP contribution in [0.4, 0.5) is 10.3 Å². The molecule has 0 bridgehead atoms. The molecule has 0 saturated heterocycles. The van der Waals surface area contributed by atoms with Crippen molar-refractivity contribution in [1.82, 2.24) is 15.1 Å². The Morgan fingerprint density at radius 3 is 2.77 bits per heavy atom. The van der Waals surface area contributed by atoms with Gasteiger partial charge in [0.25, 0.3) is 0 Å². The summed E-state index contributed by atoms with van der Waals surface area (Å²) in [6.45, 7) is 1.97. The molecular weight excluding hydrogens is 407 g/mol. The van der Waals surface area contributed by atoms with Crippen molar-refractivity contribution in [2.75, 3.05) is 5.32 Å². The summed E-state index contributed by atoms with van der Waals surface area (Å²) >= 11 is 6.03. The number of hydrogen-bond donors (Lipinski definition) is 1. The van der Waals surface area contributed by atoms with Gasteiger partial charge in [-0.3, -0.25) is 10.1 Å². The number of aryl methyl sites for hydroxylation is 1. The van der Waals surface area contributed by atoms with E-state index in [1.165, 1.54) is 24.5 Å². The average Bonchev–Trinajstić information content (AvgIpc) is 3.15. The molecule has 2 aromatic carbocycles. The number of aromatic nitrogens is 3. The van der Waals surface area contributed by atoms with Gasteiger partial charge >= 0.3 is 0 Å². The number of anilines is 1. The lowest BCUT2D eigenvalue weighted by Gasteiger charge is -2.07. The lowest BCUT2D eigenvalue weighted by molar-refractivity contribution is -0.115. The summed E-state index contributed by atoms with van der Waals surface area (Å²) < 4.78 is 19.5. The van der Waals surface area contributed by atoms with Gasteiger partial charge in [0.1, 0.15) is 17.8 Å². The molecule has 6 nitrogen and oxygen atoms in total. The van der Waals surface area contributed by atoms with Crippen LogP contribution in [0, 0.1) is 12.7 Å². The molecule has 0 aliphatic heterocycles. The highest BCUT2D eigenvalue weighted by molar-refractivity contribution is 6.31. The number of carbonyl (C=O) groups is 1. The predicted molar refractivity (Wildman–Crippen MR) is 111 cm³/mol. The maximum Gasteiger partial charge on any atom is 0.241 e. The Morgan fingerprint density at radius 2 is 2.03 bits per heavy atom. The summed E-state index contributed by atoms with van der Waals surface area (Å²) in [7, 11) is 0. The molecule has 0 radical (unpaired) electrons. The molecule has 8 heteroatoms. The maximum absolute atomic E-state index is 14.0. The highest BCUT2D eigenvalue weighted by Crippen LogP contribution is 2.37. The molecule has 0 saturated carbocycles. The third-order valence-corrected chi connectivity index (χ3v) is 4.83. The van der Waals surface area contributed by atoms with Crippen LogP contribution >= 0.6 is 11.6 Å². The summed E-state index contributed by atoms with van der Waals surface area (Å²) in [5.41, 5.74) is 3.53. The minimum atomic E-state index is -0.549. The zero-order valence-corrected chi connectivity index (χ0v) is 16.7. The minimum Gasteiger partial charge on any atom is -0.337 e. The van der Waals surface area contributed by atoms with Crippen LogP contribution in [0.3, 0.4) is 0 Å². The van der Waals surface area contributed by atoms with E-state index in [0.717, 1.165) is 11.1 Å². The number of halogens is 2. The molecule has 0 fully saturated rings.